The standard InChI is InChI=1S/C13H25N3O2/c1-13(2,3)15-7-11-6-14-10-16(11)8-12(18-5)9-17-4/h6,10,12,15H,7-9H2,1-5H3. The van der Waals surface area contributed by atoms with E-state index >= 15 is 0 Å². The zero-order chi connectivity index (χ0) is 13.6. The topological polar surface area (TPSA) is 48.3 Å². The van der Waals surface area contributed by atoms with Gasteiger partial charge in [-0.05, 0) is 20.8 Å². The van der Waals surface area contributed by atoms with E-state index in [1.54, 1.807) is 14.2 Å². The first-order chi connectivity index (χ1) is 8.46. The van der Waals surface area contributed by atoms with Crippen LogP contribution in [0.3, 0.4) is 0 Å². The first-order valence-corrected chi connectivity index (χ1v) is 6.22. The largest absolute Gasteiger partial charge is 0.382 e. The van der Waals surface area contributed by atoms with Gasteiger partial charge in [-0.2, -0.15) is 0 Å². The molecule has 0 amide bonds. The summed E-state index contributed by atoms with van der Waals surface area (Å²) < 4.78 is 12.6. The Balaban J connectivity index is 2.58. The maximum Gasteiger partial charge on any atom is 0.0983 e. The monoisotopic (exact) mass is 255 g/mol. The molecule has 1 aromatic rings. The lowest BCUT2D eigenvalue weighted by molar-refractivity contribution is 0.0178. The first-order valence-electron chi connectivity index (χ1n) is 6.22. The predicted molar refractivity (Wildman–Crippen MR) is 71.5 cm³/mol. The van der Waals surface area contributed by atoms with Crippen LogP contribution in [0.25, 0.3) is 0 Å². The number of methoxy groups -OCH3 is 2. The summed E-state index contributed by atoms with van der Waals surface area (Å²) in [6.45, 7) is 8.59. The van der Waals surface area contributed by atoms with Crippen LogP contribution in [0, 0.1) is 0 Å². The highest BCUT2D eigenvalue weighted by Crippen LogP contribution is 2.06. The normalized spacial score (nSPS) is 13.8. The molecular weight excluding hydrogens is 230 g/mol. The van der Waals surface area contributed by atoms with Crippen LogP contribution in [0.1, 0.15) is 26.5 Å². The Labute approximate surface area is 109 Å². The SMILES string of the molecule is COCC(Cn1cncc1CNC(C)(C)C)OC. The van der Waals surface area contributed by atoms with Gasteiger partial charge in [0.2, 0.25) is 0 Å². The van der Waals surface area contributed by atoms with E-state index in [1.807, 2.05) is 12.5 Å². The van der Waals surface area contributed by atoms with Gasteiger partial charge in [0, 0.05) is 32.5 Å². The Morgan fingerprint density at radius 1 is 1.39 bits per heavy atom. The van der Waals surface area contributed by atoms with Gasteiger partial charge in [0.15, 0.2) is 0 Å². The fraction of sp³-hybridized carbons (Fsp3) is 0.769. The summed E-state index contributed by atoms with van der Waals surface area (Å²) in [7, 11) is 3.38. The number of aromatic nitrogens is 2. The Bertz CT molecular complexity index is 344. The minimum absolute atomic E-state index is 0.0533. The fourth-order valence-electron chi connectivity index (χ4n) is 1.62. The molecule has 5 nitrogen and oxygen atoms in total. The fourth-order valence-corrected chi connectivity index (χ4v) is 1.62. The molecule has 18 heavy (non-hydrogen) atoms. The molecule has 1 atom stereocenters. The van der Waals surface area contributed by atoms with Crippen molar-refractivity contribution in [1.82, 2.24) is 14.9 Å². The molecule has 0 bridgehead atoms. The molecule has 0 radical (unpaired) electrons. The van der Waals surface area contributed by atoms with Crippen molar-refractivity contribution in [3.63, 3.8) is 0 Å². The highest BCUT2D eigenvalue weighted by Gasteiger charge is 2.13. The number of nitrogens with one attached hydrogen (secondary N) is 1. The van der Waals surface area contributed by atoms with Gasteiger partial charge in [-0.15, -0.1) is 0 Å². The summed E-state index contributed by atoms with van der Waals surface area (Å²) in [5.74, 6) is 0. The molecule has 0 saturated heterocycles. The lowest BCUT2D eigenvalue weighted by Gasteiger charge is -2.22. The van der Waals surface area contributed by atoms with Crippen molar-refractivity contribution in [3.05, 3.63) is 18.2 Å². The summed E-state index contributed by atoms with van der Waals surface area (Å²) in [4.78, 5) is 4.20. The number of ether oxygens (including phenoxy) is 2. The minimum atomic E-state index is 0.0533. The van der Waals surface area contributed by atoms with Crippen LogP contribution in [0.2, 0.25) is 0 Å². The lowest BCUT2D eigenvalue weighted by Crippen LogP contribution is -2.36. The molecule has 1 aromatic heterocycles. The van der Waals surface area contributed by atoms with Crippen LogP contribution < -0.4 is 5.32 Å². The molecule has 0 spiro atoms. The summed E-state index contributed by atoms with van der Waals surface area (Å²) in [6, 6.07) is 0. The van der Waals surface area contributed by atoms with Gasteiger partial charge in [0.05, 0.1) is 31.3 Å². The van der Waals surface area contributed by atoms with Gasteiger partial charge in [-0.3, -0.25) is 0 Å². The average molecular weight is 255 g/mol. The Morgan fingerprint density at radius 3 is 2.67 bits per heavy atom. The van der Waals surface area contributed by atoms with Crippen molar-refractivity contribution in [3.8, 4) is 0 Å². The summed E-state index contributed by atoms with van der Waals surface area (Å²) in [5.41, 5.74) is 1.26. The maximum atomic E-state index is 5.37. The third-order valence-corrected chi connectivity index (χ3v) is 2.68. The van der Waals surface area contributed by atoms with Gasteiger partial charge in [0.25, 0.3) is 0 Å². The van der Waals surface area contributed by atoms with E-state index in [0.29, 0.717) is 6.61 Å². The quantitative estimate of drug-likeness (QED) is 0.801. The van der Waals surface area contributed by atoms with Crippen molar-refractivity contribution >= 4 is 0 Å². The van der Waals surface area contributed by atoms with Gasteiger partial charge in [0.1, 0.15) is 0 Å². The Hall–Kier alpha value is -0.910. The van der Waals surface area contributed by atoms with E-state index in [1.165, 1.54) is 0 Å². The number of nitrogens with zero attached hydrogens (tertiary/aromatic N) is 2. The average Bonchev–Trinajstić information content (AvgIpc) is 2.72. The third kappa shape index (κ3) is 5.16. The second kappa shape index (κ2) is 6.87. The molecule has 5 heteroatoms. The van der Waals surface area contributed by atoms with Crippen LogP contribution in [0.4, 0.5) is 0 Å². The highest BCUT2D eigenvalue weighted by atomic mass is 16.5. The summed E-state index contributed by atoms with van der Waals surface area (Å²) in [6.07, 6.45) is 3.78. The van der Waals surface area contributed by atoms with Crippen LogP contribution >= 0.6 is 0 Å². The summed E-state index contributed by atoms with van der Waals surface area (Å²) >= 11 is 0. The van der Waals surface area contributed by atoms with Crippen LogP contribution in [0.15, 0.2) is 12.5 Å². The second-order valence-electron chi connectivity index (χ2n) is 5.45. The van der Waals surface area contributed by atoms with E-state index in [4.69, 9.17) is 9.47 Å². The Kier molecular flexibility index (Phi) is 5.78. The molecule has 0 saturated carbocycles. The van der Waals surface area contributed by atoms with Crippen molar-refractivity contribution < 1.29 is 9.47 Å². The molecule has 104 valence electrons. The van der Waals surface area contributed by atoms with Crippen LogP contribution in [-0.4, -0.2) is 42.0 Å². The molecule has 1 unspecified atom stereocenters. The third-order valence-electron chi connectivity index (χ3n) is 2.68. The van der Waals surface area contributed by atoms with Gasteiger partial charge < -0.3 is 19.4 Å². The molecule has 1 heterocycles. The van der Waals surface area contributed by atoms with E-state index in [9.17, 15) is 0 Å². The predicted octanol–water partition coefficient (Wildman–Crippen LogP) is 1.43. The number of imidazole rings is 1. The lowest BCUT2D eigenvalue weighted by atomic mass is 10.1. The molecule has 1 N–H and O–H groups in total. The van der Waals surface area contributed by atoms with Gasteiger partial charge in [-0.25, -0.2) is 4.98 Å². The Morgan fingerprint density at radius 2 is 2.11 bits per heavy atom. The molecular formula is C13H25N3O2. The maximum absolute atomic E-state index is 5.37. The van der Waals surface area contributed by atoms with E-state index in [0.717, 1.165) is 18.8 Å². The highest BCUT2D eigenvalue weighted by molar-refractivity contribution is 4.99. The van der Waals surface area contributed by atoms with Crippen molar-refractivity contribution in [1.29, 1.82) is 0 Å². The zero-order valence-electron chi connectivity index (χ0n) is 12.1. The van der Waals surface area contributed by atoms with Crippen LogP contribution in [0.5, 0.6) is 0 Å². The van der Waals surface area contributed by atoms with E-state index in [2.05, 4.69) is 35.6 Å². The van der Waals surface area contributed by atoms with Gasteiger partial charge >= 0.3 is 0 Å². The molecule has 1 rings (SSSR count). The first kappa shape index (κ1) is 15.1. The minimum Gasteiger partial charge on any atom is -0.382 e. The van der Waals surface area contributed by atoms with Gasteiger partial charge in [-0.1, -0.05) is 0 Å². The van der Waals surface area contributed by atoms with Crippen molar-refractivity contribution in [2.45, 2.75) is 45.5 Å². The molecule has 0 fully saturated rings. The van der Waals surface area contributed by atoms with Crippen molar-refractivity contribution in [2.75, 3.05) is 20.8 Å². The number of hydrogen-bond acceptors (Lipinski definition) is 4. The van der Waals surface area contributed by atoms with E-state index in [-0.39, 0.29) is 11.6 Å². The zero-order valence-corrected chi connectivity index (χ0v) is 12.1. The van der Waals surface area contributed by atoms with Crippen LogP contribution in [-0.2, 0) is 22.6 Å². The summed E-state index contributed by atoms with van der Waals surface area (Å²) in [5, 5.41) is 3.46. The van der Waals surface area contributed by atoms with E-state index < -0.39 is 0 Å². The second-order valence-corrected chi connectivity index (χ2v) is 5.45. The van der Waals surface area contributed by atoms with Crippen molar-refractivity contribution in [2.24, 2.45) is 0 Å². The molecule has 0 aliphatic carbocycles. The smallest absolute Gasteiger partial charge is 0.0983 e. The molecule has 0 aliphatic heterocycles. The number of hydrogen-bond donors (Lipinski definition) is 1. The molecule has 0 aliphatic rings. The number of rotatable bonds is 7. The molecule has 0 aromatic carbocycles.